The first-order valence-corrected chi connectivity index (χ1v) is 8.90. The molecule has 1 aliphatic rings. The van der Waals surface area contributed by atoms with Crippen LogP contribution in [0.4, 0.5) is 19.0 Å². The van der Waals surface area contributed by atoms with Crippen molar-refractivity contribution in [2.24, 2.45) is 10.4 Å². The van der Waals surface area contributed by atoms with Gasteiger partial charge < -0.3 is 10.1 Å². The van der Waals surface area contributed by atoms with Crippen molar-refractivity contribution in [2.75, 3.05) is 17.9 Å². The van der Waals surface area contributed by atoms with Crippen molar-refractivity contribution in [3.8, 4) is 0 Å². The van der Waals surface area contributed by atoms with Gasteiger partial charge in [-0.25, -0.2) is 9.78 Å². The van der Waals surface area contributed by atoms with Gasteiger partial charge >= 0.3 is 12.1 Å². The van der Waals surface area contributed by atoms with E-state index in [1.807, 2.05) is 0 Å². The van der Waals surface area contributed by atoms with E-state index in [2.05, 4.69) is 25.5 Å². The normalized spacial score (nSPS) is 13.8. The number of ether oxygens (including phenoxy) is 1. The third kappa shape index (κ3) is 4.29. The van der Waals surface area contributed by atoms with Crippen LogP contribution >= 0.6 is 0 Å². The lowest BCUT2D eigenvalue weighted by Gasteiger charge is -2.22. The smallest absolute Gasteiger partial charge is 0.417 e. The van der Waals surface area contributed by atoms with Crippen LogP contribution in [0.25, 0.3) is 0 Å². The Kier molecular flexibility index (Phi) is 5.31. The second kappa shape index (κ2) is 7.47. The molecular formula is C19H20F3N5O3. The van der Waals surface area contributed by atoms with E-state index >= 15 is 0 Å². The molecule has 1 amide bonds. The lowest BCUT2D eigenvalue weighted by Crippen LogP contribution is -2.31. The average molecular weight is 423 g/mol. The Labute approximate surface area is 170 Å². The van der Waals surface area contributed by atoms with Gasteiger partial charge in [0, 0.05) is 23.4 Å². The van der Waals surface area contributed by atoms with Gasteiger partial charge in [-0.2, -0.15) is 13.2 Å². The Bertz CT molecular complexity index is 1040. The molecule has 0 spiro atoms. The van der Waals surface area contributed by atoms with Crippen LogP contribution in [0.3, 0.4) is 0 Å². The Morgan fingerprint density at radius 2 is 1.93 bits per heavy atom. The molecule has 160 valence electrons. The molecule has 8 nitrogen and oxygen atoms in total. The molecule has 2 aromatic rings. The van der Waals surface area contributed by atoms with E-state index in [1.54, 1.807) is 20.8 Å². The predicted molar refractivity (Wildman–Crippen MR) is 103 cm³/mol. The molecule has 0 unspecified atom stereocenters. The molecule has 3 rings (SSSR count). The maximum atomic E-state index is 13.7. The highest BCUT2D eigenvalue weighted by Gasteiger charge is 2.36. The van der Waals surface area contributed by atoms with Gasteiger partial charge in [0.05, 0.1) is 30.5 Å². The van der Waals surface area contributed by atoms with Gasteiger partial charge in [0.2, 0.25) is 5.91 Å². The first-order valence-electron chi connectivity index (χ1n) is 8.90. The molecule has 3 heterocycles. The minimum absolute atomic E-state index is 0.0547. The van der Waals surface area contributed by atoms with Crippen LogP contribution in [0.5, 0.6) is 0 Å². The number of hydrogen-bond donors (Lipinski definition) is 2. The molecule has 0 saturated carbocycles. The zero-order valence-electron chi connectivity index (χ0n) is 16.7. The number of hydrogen-bond acceptors (Lipinski definition) is 6. The van der Waals surface area contributed by atoms with E-state index in [4.69, 9.17) is 0 Å². The number of nitrogens with one attached hydrogen (secondary N) is 2. The number of aromatic nitrogens is 2. The van der Waals surface area contributed by atoms with E-state index in [-0.39, 0.29) is 29.3 Å². The van der Waals surface area contributed by atoms with Gasteiger partial charge in [-0.15, -0.1) is 0 Å². The van der Waals surface area contributed by atoms with E-state index in [9.17, 15) is 22.8 Å². The largest absolute Gasteiger partial charge is 0.465 e. The number of alkyl halides is 3. The molecule has 0 bridgehead atoms. The summed E-state index contributed by atoms with van der Waals surface area (Å²) in [4.78, 5) is 31.9. The highest BCUT2D eigenvalue weighted by molar-refractivity contribution is 6.06. The number of fused-ring (bicyclic) bond motifs is 1. The zero-order valence-corrected chi connectivity index (χ0v) is 16.7. The number of methoxy groups -OCH3 is 1. The summed E-state index contributed by atoms with van der Waals surface area (Å²) in [5.41, 5.74) is 1.48. The maximum absolute atomic E-state index is 13.7. The fourth-order valence-electron chi connectivity index (χ4n) is 2.67. The van der Waals surface area contributed by atoms with Crippen molar-refractivity contribution in [1.29, 1.82) is 0 Å². The number of carbonyl (C=O) groups excluding carboxylic acids is 2. The van der Waals surface area contributed by atoms with E-state index in [0.29, 0.717) is 5.69 Å². The van der Waals surface area contributed by atoms with Crippen LogP contribution in [0.15, 0.2) is 29.5 Å². The van der Waals surface area contributed by atoms with E-state index < -0.39 is 29.0 Å². The van der Waals surface area contributed by atoms with Crippen molar-refractivity contribution in [2.45, 2.75) is 33.5 Å². The monoisotopic (exact) mass is 423 g/mol. The molecule has 2 aromatic heterocycles. The Hall–Kier alpha value is -3.37. The van der Waals surface area contributed by atoms with Crippen LogP contribution in [0.2, 0.25) is 0 Å². The number of amides is 1. The van der Waals surface area contributed by atoms with Crippen LogP contribution in [0.1, 0.15) is 48.0 Å². The molecule has 0 fully saturated rings. The second-order valence-corrected chi connectivity index (χ2v) is 7.68. The minimum Gasteiger partial charge on any atom is -0.465 e. The average Bonchev–Trinajstić information content (AvgIpc) is 3.09. The number of carbonyl (C=O) groups is 2. The summed E-state index contributed by atoms with van der Waals surface area (Å²) in [6, 6.07) is 2.31. The maximum Gasteiger partial charge on any atom is 0.417 e. The predicted octanol–water partition coefficient (Wildman–Crippen LogP) is 3.18. The van der Waals surface area contributed by atoms with Crippen LogP contribution < -0.4 is 10.7 Å². The van der Waals surface area contributed by atoms with Gasteiger partial charge in [0.1, 0.15) is 11.7 Å². The molecule has 0 aromatic carbocycles. The molecule has 1 aliphatic heterocycles. The van der Waals surface area contributed by atoms with Crippen molar-refractivity contribution in [1.82, 2.24) is 9.66 Å². The molecule has 0 aliphatic carbocycles. The van der Waals surface area contributed by atoms with Gasteiger partial charge in [0.25, 0.3) is 0 Å². The lowest BCUT2D eigenvalue weighted by molar-refractivity contribution is -0.137. The summed E-state index contributed by atoms with van der Waals surface area (Å²) >= 11 is 0. The molecule has 0 atom stereocenters. The van der Waals surface area contributed by atoms with Crippen molar-refractivity contribution >= 4 is 23.5 Å². The van der Waals surface area contributed by atoms with Gasteiger partial charge in [-0.1, -0.05) is 20.8 Å². The number of pyridine rings is 1. The number of nitrogens with zero attached hydrogens (tertiary/aromatic N) is 3. The number of esters is 1. The molecule has 11 heteroatoms. The Balaban J connectivity index is 1.94. The first kappa shape index (κ1) is 21.3. The summed E-state index contributed by atoms with van der Waals surface area (Å²) < 4.78 is 47.2. The molecule has 2 N–H and O–H groups in total. The number of anilines is 1. The molecule has 0 radical (unpaired) electrons. The number of rotatable bonds is 3. The van der Waals surface area contributed by atoms with Crippen molar-refractivity contribution in [3.63, 3.8) is 0 Å². The van der Waals surface area contributed by atoms with Gasteiger partial charge in [-0.3, -0.25) is 19.9 Å². The quantitative estimate of drug-likeness (QED) is 0.739. The third-order valence-corrected chi connectivity index (χ3v) is 4.33. The van der Waals surface area contributed by atoms with E-state index in [1.165, 1.54) is 24.0 Å². The van der Waals surface area contributed by atoms with Gasteiger partial charge in [-0.05, 0) is 12.1 Å². The van der Waals surface area contributed by atoms with Crippen molar-refractivity contribution < 1.29 is 27.5 Å². The molecule has 30 heavy (non-hydrogen) atoms. The fourth-order valence-corrected chi connectivity index (χ4v) is 2.67. The van der Waals surface area contributed by atoms with Crippen LogP contribution in [0, 0.1) is 5.41 Å². The standard InChI is InChI=1S/C19H20F3N5O3/c1-18(2,3)17(29)25-14-6-13(19(20,21)22)12(8-23-14)15-24-7-11-5-10(16(28)30-4)9-27(11)26-15/h5-6,8-9H,7H2,1-4H3,(H,24,26)(H,23,25,29). The summed E-state index contributed by atoms with van der Waals surface area (Å²) in [7, 11) is 1.23. The topological polar surface area (TPSA) is 97.6 Å². The fraction of sp³-hybridized carbons (Fsp3) is 0.368. The number of halogens is 3. The summed E-state index contributed by atoms with van der Waals surface area (Å²) in [5.74, 6) is -1.31. The highest BCUT2D eigenvalue weighted by Crippen LogP contribution is 2.34. The Morgan fingerprint density at radius 1 is 1.23 bits per heavy atom. The summed E-state index contributed by atoms with van der Waals surface area (Å²) in [5, 5.41) is 2.40. The number of aliphatic imine (C=N–C) groups is 1. The SMILES string of the molecule is COC(=O)c1cc2n(c1)NC(c1cnc(NC(=O)C(C)(C)C)cc1C(F)(F)F)=NC2. The third-order valence-electron chi connectivity index (χ3n) is 4.33. The van der Waals surface area contributed by atoms with Crippen molar-refractivity contribution in [3.05, 3.63) is 46.9 Å². The lowest BCUT2D eigenvalue weighted by atomic mass is 9.96. The molecule has 0 saturated heterocycles. The van der Waals surface area contributed by atoms with Gasteiger partial charge in [0.15, 0.2) is 0 Å². The second-order valence-electron chi connectivity index (χ2n) is 7.68. The number of amidine groups is 1. The Morgan fingerprint density at radius 3 is 2.53 bits per heavy atom. The minimum atomic E-state index is -4.71. The van der Waals surface area contributed by atoms with Crippen LogP contribution in [-0.2, 0) is 22.3 Å². The summed E-state index contributed by atoms with van der Waals surface area (Å²) in [6.07, 6.45) is -2.30. The highest BCUT2D eigenvalue weighted by atomic mass is 19.4. The first-order chi connectivity index (χ1) is 13.9. The van der Waals surface area contributed by atoms with E-state index in [0.717, 1.165) is 12.3 Å². The zero-order chi connectivity index (χ0) is 22.3. The summed E-state index contributed by atoms with van der Waals surface area (Å²) in [6.45, 7) is 4.97. The van der Waals surface area contributed by atoms with Crippen LogP contribution in [-0.4, -0.2) is 34.5 Å². The molecular weight excluding hydrogens is 403 g/mol.